The van der Waals surface area contributed by atoms with Crippen LogP contribution in [0.5, 0.6) is 5.75 Å². The lowest BCUT2D eigenvalue weighted by atomic mass is 10.3. The van der Waals surface area contributed by atoms with Crippen molar-refractivity contribution in [3.63, 3.8) is 0 Å². The van der Waals surface area contributed by atoms with Crippen LogP contribution in [-0.4, -0.2) is 16.1 Å². The van der Waals surface area contributed by atoms with Crippen LogP contribution in [-0.2, 0) is 0 Å². The number of nitrogens with zero attached hydrogens (tertiary/aromatic N) is 2. The number of nitrogens with two attached hydrogens (primary N) is 1. The van der Waals surface area contributed by atoms with Crippen molar-refractivity contribution in [3.05, 3.63) is 46.4 Å². The molecular formula is C14H9Cl2N3O2S. The molecule has 3 aromatic rings. The maximum atomic E-state index is 11.8. The predicted molar refractivity (Wildman–Crippen MR) is 89.5 cm³/mol. The molecule has 0 aliphatic carbocycles. The molecule has 0 saturated heterocycles. The lowest BCUT2D eigenvalue weighted by molar-refractivity contribution is 0.256. The Morgan fingerprint density at radius 3 is 2.68 bits per heavy atom. The van der Waals surface area contributed by atoms with Crippen LogP contribution >= 0.6 is 34.5 Å². The minimum Gasteiger partial charge on any atom is -0.506 e. The SMILES string of the molecule is NC(=O)N(c1ccc(O)c(Cl)c1)c1nc2ccc(Cl)cc2s1. The summed E-state index contributed by atoms with van der Waals surface area (Å²) >= 11 is 13.1. The zero-order valence-electron chi connectivity index (χ0n) is 11.0. The van der Waals surface area contributed by atoms with E-state index in [-0.39, 0.29) is 10.8 Å². The van der Waals surface area contributed by atoms with E-state index in [9.17, 15) is 9.90 Å². The summed E-state index contributed by atoms with van der Waals surface area (Å²) in [6.45, 7) is 0. The molecular weight excluding hydrogens is 345 g/mol. The Kier molecular flexibility index (Phi) is 3.82. The van der Waals surface area contributed by atoms with Gasteiger partial charge < -0.3 is 10.8 Å². The Bertz CT molecular complexity index is 882. The molecule has 0 fully saturated rings. The molecule has 8 heteroatoms. The van der Waals surface area contributed by atoms with Gasteiger partial charge in [-0.05, 0) is 36.4 Å². The summed E-state index contributed by atoms with van der Waals surface area (Å²) in [6.07, 6.45) is 0. The average Bonchev–Trinajstić information content (AvgIpc) is 2.84. The highest BCUT2D eigenvalue weighted by molar-refractivity contribution is 7.22. The Balaban J connectivity index is 2.13. The Labute approximate surface area is 139 Å². The minimum atomic E-state index is -0.702. The first kappa shape index (κ1) is 14.9. The van der Waals surface area contributed by atoms with Crippen LogP contribution in [0, 0.1) is 0 Å². The van der Waals surface area contributed by atoms with E-state index < -0.39 is 6.03 Å². The van der Waals surface area contributed by atoms with Crippen molar-refractivity contribution in [1.82, 2.24) is 4.98 Å². The molecule has 112 valence electrons. The van der Waals surface area contributed by atoms with Crippen molar-refractivity contribution in [1.29, 1.82) is 0 Å². The van der Waals surface area contributed by atoms with Crippen LogP contribution in [0.2, 0.25) is 10.0 Å². The number of carbonyl (C=O) groups excluding carboxylic acids is 1. The number of urea groups is 1. The quantitative estimate of drug-likeness (QED) is 0.710. The molecule has 0 radical (unpaired) electrons. The van der Waals surface area contributed by atoms with Gasteiger partial charge >= 0.3 is 6.03 Å². The second-order valence-corrected chi connectivity index (χ2v) is 6.27. The number of phenols is 1. The van der Waals surface area contributed by atoms with Crippen molar-refractivity contribution in [3.8, 4) is 5.75 Å². The zero-order chi connectivity index (χ0) is 15.9. The molecule has 0 bridgehead atoms. The molecule has 1 heterocycles. The molecule has 0 saturated carbocycles. The molecule has 0 unspecified atom stereocenters. The fourth-order valence-electron chi connectivity index (χ4n) is 1.95. The van der Waals surface area contributed by atoms with Crippen LogP contribution in [0.1, 0.15) is 0 Å². The molecule has 3 rings (SSSR count). The van der Waals surface area contributed by atoms with Crippen molar-refractivity contribution in [2.75, 3.05) is 4.90 Å². The number of fused-ring (bicyclic) bond motifs is 1. The maximum Gasteiger partial charge on any atom is 0.325 e. The number of hydrogen-bond donors (Lipinski definition) is 2. The van der Waals surface area contributed by atoms with Crippen molar-refractivity contribution >= 4 is 61.6 Å². The number of aromatic hydroxyl groups is 1. The lowest BCUT2D eigenvalue weighted by Crippen LogP contribution is -2.31. The summed E-state index contributed by atoms with van der Waals surface area (Å²) in [5.41, 5.74) is 6.59. The normalized spacial score (nSPS) is 10.8. The van der Waals surface area contributed by atoms with Gasteiger partial charge in [-0.2, -0.15) is 0 Å². The highest BCUT2D eigenvalue weighted by atomic mass is 35.5. The van der Waals surface area contributed by atoms with Gasteiger partial charge in [0.25, 0.3) is 0 Å². The number of phenolic OH excluding ortho intramolecular Hbond substituents is 1. The number of thiazole rings is 1. The van der Waals surface area contributed by atoms with Crippen LogP contribution < -0.4 is 10.6 Å². The molecule has 2 aromatic carbocycles. The van der Waals surface area contributed by atoms with Crippen LogP contribution in [0.15, 0.2) is 36.4 Å². The summed E-state index contributed by atoms with van der Waals surface area (Å²) in [7, 11) is 0. The Hall–Kier alpha value is -2.02. The minimum absolute atomic E-state index is 0.0779. The fraction of sp³-hybridized carbons (Fsp3) is 0. The van der Waals surface area contributed by atoms with Crippen LogP contribution in [0.3, 0.4) is 0 Å². The topological polar surface area (TPSA) is 79.5 Å². The van der Waals surface area contributed by atoms with Gasteiger partial charge in [-0.15, -0.1) is 0 Å². The number of carbonyl (C=O) groups is 1. The largest absolute Gasteiger partial charge is 0.506 e. The van der Waals surface area contributed by atoms with Crippen molar-refractivity contribution in [2.24, 2.45) is 5.73 Å². The molecule has 0 aliphatic rings. The van der Waals surface area contributed by atoms with E-state index in [1.165, 1.54) is 34.4 Å². The molecule has 0 atom stereocenters. The third-order valence-electron chi connectivity index (χ3n) is 2.94. The van der Waals surface area contributed by atoms with E-state index in [0.29, 0.717) is 21.4 Å². The number of anilines is 2. The lowest BCUT2D eigenvalue weighted by Gasteiger charge is -2.17. The molecule has 2 amide bonds. The summed E-state index contributed by atoms with van der Waals surface area (Å²) in [5, 5.41) is 10.6. The average molecular weight is 354 g/mol. The van der Waals surface area contributed by atoms with Crippen LogP contribution in [0.25, 0.3) is 10.2 Å². The van der Waals surface area contributed by atoms with Gasteiger partial charge in [0.1, 0.15) is 5.75 Å². The van der Waals surface area contributed by atoms with Gasteiger partial charge in [0.15, 0.2) is 5.13 Å². The van der Waals surface area contributed by atoms with E-state index in [1.807, 2.05) is 0 Å². The van der Waals surface area contributed by atoms with Gasteiger partial charge in [-0.3, -0.25) is 0 Å². The van der Waals surface area contributed by atoms with Crippen molar-refractivity contribution < 1.29 is 9.90 Å². The standard InChI is InChI=1S/C14H9Cl2N3O2S/c15-7-1-3-10-12(5-7)22-14(18-10)19(13(17)21)8-2-4-11(20)9(16)6-8/h1-6,20H,(H2,17,21). The number of benzene rings is 2. The highest BCUT2D eigenvalue weighted by Gasteiger charge is 2.20. The van der Waals surface area contributed by atoms with E-state index in [0.717, 1.165) is 4.70 Å². The number of hydrogen-bond acceptors (Lipinski definition) is 4. The first-order chi connectivity index (χ1) is 10.5. The second kappa shape index (κ2) is 5.64. The third kappa shape index (κ3) is 2.68. The summed E-state index contributed by atoms with van der Waals surface area (Å²) in [4.78, 5) is 17.4. The molecule has 5 nitrogen and oxygen atoms in total. The van der Waals surface area contributed by atoms with Gasteiger partial charge in [0.05, 0.1) is 20.9 Å². The van der Waals surface area contributed by atoms with E-state index in [1.54, 1.807) is 18.2 Å². The smallest absolute Gasteiger partial charge is 0.325 e. The van der Waals surface area contributed by atoms with E-state index >= 15 is 0 Å². The van der Waals surface area contributed by atoms with E-state index in [4.69, 9.17) is 28.9 Å². The van der Waals surface area contributed by atoms with E-state index in [2.05, 4.69) is 4.98 Å². The Morgan fingerprint density at radius 2 is 2.00 bits per heavy atom. The van der Waals surface area contributed by atoms with Gasteiger partial charge in [-0.25, -0.2) is 14.7 Å². The van der Waals surface area contributed by atoms with Crippen molar-refractivity contribution in [2.45, 2.75) is 0 Å². The highest BCUT2D eigenvalue weighted by Crippen LogP contribution is 2.36. The first-order valence-corrected chi connectivity index (χ1v) is 7.67. The fourth-order valence-corrected chi connectivity index (χ4v) is 3.39. The number of halogens is 2. The number of amides is 2. The van der Waals surface area contributed by atoms with Gasteiger partial charge in [0.2, 0.25) is 0 Å². The summed E-state index contributed by atoms with van der Waals surface area (Å²) in [5.74, 6) is -0.0779. The van der Waals surface area contributed by atoms with Gasteiger partial charge in [-0.1, -0.05) is 34.5 Å². The number of primary amides is 1. The number of rotatable bonds is 2. The summed E-state index contributed by atoms with van der Waals surface area (Å²) in [6, 6.07) is 8.91. The second-order valence-electron chi connectivity index (χ2n) is 4.42. The third-order valence-corrected chi connectivity index (χ3v) is 4.48. The van der Waals surface area contributed by atoms with Gasteiger partial charge in [0, 0.05) is 5.02 Å². The summed E-state index contributed by atoms with van der Waals surface area (Å²) < 4.78 is 0.832. The van der Waals surface area contributed by atoms with Crippen LogP contribution in [0.4, 0.5) is 15.6 Å². The number of aromatic nitrogens is 1. The molecule has 0 aliphatic heterocycles. The molecule has 1 aromatic heterocycles. The Morgan fingerprint density at radius 1 is 1.23 bits per heavy atom. The molecule has 0 spiro atoms. The monoisotopic (exact) mass is 353 g/mol. The zero-order valence-corrected chi connectivity index (χ0v) is 13.3. The maximum absolute atomic E-state index is 11.8. The first-order valence-electron chi connectivity index (χ1n) is 6.10. The molecule has 3 N–H and O–H groups in total. The predicted octanol–water partition coefficient (Wildman–Crippen LogP) is 4.53. The molecule has 22 heavy (non-hydrogen) atoms.